The zero-order valence-electron chi connectivity index (χ0n) is 9.71. The van der Waals surface area contributed by atoms with Crippen molar-refractivity contribution in [1.29, 1.82) is 0 Å². The van der Waals surface area contributed by atoms with Crippen LogP contribution in [0.25, 0.3) is 0 Å². The summed E-state index contributed by atoms with van der Waals surface area (Å²) in [7, 11) is 1.91. The number of nitrogens with two attached hydrogens (primary N) is 1. The topological polar surface area (TPSA) is 60.0 Å². The largest absolute Gasteiger partial charge is 0.327 e. The molecule has 0 amide bonds. The van der Waals surface area contributed by atoms with Gasteiger partial charge in [0, 0.05) is 38.9 Å². The molecule has 2 fully saturated rings. The van der Waals surface area contributed by atoms with Crippen molar-refractivity contribution in [2.45, 2.75) is 25.4 Å². The van der Waals surface area contributed by atoms with Gasteiger partial charge in [0.05, 0.1) is 5.69 Å². The second kappa shape index (κ2) is 3.82. The fourth-order valence-electron chi connectivity index (χ4n) is 3.23. The highest BCUT2D eigenvalue weighted by molar-refractivity contribution is 4.99. The highest BCUT2D eigenvalue weighted by Crippen LogP contribution is 2.37. The van der Waals surface area contributed by atoms with Gasteiger partial charge in [-0.25, -0.2) is 0 Å². The van der Waals surface area contributed by atoms with Crippen molar-refractivity contribution in [3.05, 3.63) is 11.9 Å². The Kier molecular flexibility index (Phi) is 2.44. The Labute approximate surface area is 95.6 Å². The second-order valence-electron chi connectivity index (χ2n) is 5.24. The molecule has 0 radical (unpaired) electrons. The van der Waals surface area contributed by atoms with Gasteiger partial charge in [0.2, 0.25) is 0 Å². The quantitative estimate of drug-likeness (QED) is 0.762. The molecule has 1 aromatic rings. The van der Waals surface area contributed by atoms with Gasteiger partial charge in [0.25, 0.3) is 0 Å². The molecule has 1 saturated carbocycles. The predicted molar refractivity (Wildman–Crippen MR) is 60.5 cm³/mol. The maximum atomic E-state index is 6.12. The molecule has 0 aromatic carbocycles. The van der Waals surface area contributed by atoms with Gasteiger partial charge < -0.3 is 5.73 Å². The summed E-state index contributed by atoms with van der Waals surface area (Å²) >= 11 is 0. The van der Waals surface area contributed by atoms with Crippen LogP contribution in [0.4, 0.5) is 0 Å². The Morgan fingerprint density at radius 2 is 2.31 bits per heavy atom. The van der Waals surface area contributed by atoms with Gasteiger partial charge >= 0.3 is 0 Å². The molecule has 1 aliphatic carbocycles. The molecule has 2 aliphatic rings. The van der Waals surface area contributed by atoms with E-state index in [1.54, 1.807) is 4.68 Å². The van der Waals surface area contributed by atoms with Gasteiger partial charge in [-0.1, -0.05) is 5.21 Å². The highest BCUT2D eigenvalue weighted by atomic mass is 15.4. The van der Waals surface area contributed by atoms with E-state index in [4.69, 9.17) is 5.73 Å². The van der Waals surface area contributed by atoms with Crippen molar-refractivity contribution in [2.75, 3.05) is 13.1 Å². The van der Waals surface area contributed by atoms with Crippen molar-refractivity contribution in [2.24, 2.45) is 24.6 Å². The third-order valence-electron chi connectivity index (χ3n) is 4.02. The number of likely N-dealkylation sites (tertiary alicyclic amines) is 1. The normalized spacial score (nSPS) is 34.5. The summed E-state index contributed by atoms with van der Waals surface area (Å²) in [5.41, 5.74) is 7.19. The van der Waals surface area contributed by atoms with Crippen LogP contribution in [0.3, 0.4) is 0 Å². The van der Waals surface area contributed by atoms with Gasteiger partial charge in [0.15, 0.2) is 0 Å². The van der Waals surface area contributed by atoms with Crippen molar-refractivity contribution in [3.8, 4) is 0 Å². The molecule has 2 heterocycles. The smallest absolute Gasteiger partial charge is 0.0967 e. The number of fused-ring (bicyclic) bond motifs is 1. The Bertz CT molecular complexity index is 374. The number of aryl methyl sites for hydroxylation is 1. The summed E-state index contributed by atoms with van der Waals surface area (Å²) in [6.45, 7) is 3.25. The van der Waals surface area contributed by atoms with E-state index in [0.29, 0.717) is 6.04 Å². The van der Waals surface area contributed by atoms with E-state index < -0.39 is 0 Å². The minimum Gasteiger partial charge on any atom is -0.327 e. The summed E-state index contributed by atoms with van der Waals surface area (Å²) in [5.74, 6) is 1.54. The molecule has 16 heavy (non-hydrogen) atoms. The molecule has 1 aliphatic heterocycles. The molecule has 3 rings (SSSR count). The molecule has 0 bridgehead atoms. The standard InChI is InChI=1S/C11H19N5/c1-15-5-9(13-14-15)6-16-4-8-2-3-11(12)10(8)7-16/h5,8,10-11H,2-4,6-7,12H2,1H3. The van der Waals surface area contributed by atoms with Gasteiger partial charge in [0.1, 0.15) is 0 Å². The van der Waals surface area contributed by atoms with Gasteiger partial charge in [-0.2, -0.15) is 0 Å². The maximum absolute atomic E-state index is 6.12. The zero-order chi connectivity index (χ0) is 11.1. The number of hydrogen-bond donors (Lipinski definition) is 1. The number of rotatable bonds is 2. The van der Waals surface area contributed by atoms with Crippen LogP contribution >= 0.6 is 0 Å². The number of nitrogens with zero attached hydrogens (tertiary/aromatic N) is 4. The molecular formula is C11H19N5. The van der Waals surface area contributed by atoms with E-state index in [0.717, 1.165) is 30.6 Å². The Morgan fingerprint density at radius 3 is 3.00 bits per heavy atom. The van der Waals surface area contributed by atoms with Crippen LogP contribution in [0.5, 0.6) is 0 Å². The summed E-state index contributed by atoms with van der Waals surface area (Å²) in [4.78, 5) is 2.47. The number of aromatic nitrogens is 3. The first-order chi connectivity index (χ1) is 7.72. The van der Waals surface area contributed by atoms with Crippen molar-refractivity contribution < 1.29 is 0 Å². The molecule has 2 N–H and O–H groups in total. The third-order valence-corrected chi connectivity index (χ3v) is 4.02. The van der Waals surface area contributed by atoms with Crippen molar-refractivity contribution in [1.82, 2.24) is 19.9 Å². The van der Waals surface area contributed by atoms with Crippen LogP contribution in [0.2, 0.25) is 0 Å². The summed E-state index contributed by atoms with van der Waals surface area (Å²) in [5, 5.41) is 8.09. The van der Waals surface area contributed by atoms with E-state index in [2.05, 4.69) is 15.2 Å². The second-order valence-corrected chi connectivity index (χ2v) is 5.24. The fourth-order valence-corrected chi connectivity index (χ4v) is 3.23. The van der Waals surface area contributed by atoms with Crippen molar-refractivity contribution in [3.63, 3.8) is 0 Å². The molecule has 5 nitrogen and oxygen atoms in total. The number of hydrogen-bond acceptors (Lipinski definition) is 4. The predicted octanol–water partition coefficient (Wildman–Crippen LogP) is -0.0158. The van der Waals surface area contributed by atoms with Crippen LogP contribution in [0, 0.1) is 11.8 Å². The Hall–Kier alpha value is -0.940. The van der Waals surface area contributed by atoms with Crippen LogP contribution in [-0.4, -0.2) is 39.0 Å². The lowest BCUT2D eigenvalue weighted by Gasteiger charge is -2.16. The molecular weight excluding hydrogens is 202 g/mol. The molecule has 0 spiro atoms. The lowest BCUT2D eigenvalue weighted by Crippen LogP contribution is -2.30. The first kappa shape index (κ1) is 10.2. The lowest BCUT2D eigenvalue weighted by molar-refractivity contribution is 0.294. The molecule has 3 unspecified atom stereocenters. The van der Waals surface area contributed by atoms with Crippen LogP contribution in [0.1, 0.15) is 18.5 Å². The first-order valence-electron chi connectivity index (χ1n) is 6.05. The molecule has 1 aromatic heterocycles. The zero-order valence-corrected chi connectivity index (χ0v) is 9.71. The van der Waals surface area contributed by atoms with Crippen LogP contribution in [-0.2, 0) is 13.6 Å². The van der Waals surface area contributed by atoms with E-state index >= 15 is 0 Å². The van der Waals surface area contributed by atoms with Gasteiger partial charge in [-0.15, -0.1) is 5.10 Å². The minimum atomic E-state index is 0.428. The monoisotopic (exact) mass is 221 g/mol. The summed E-state index contributed by atoms with van der Waals surface area (Å²) in [6.07, 6.45) is 4.52. The SMILES string of the molecule is Cn1cc(CN2CC3CCC(N)C3C2)nn1. The van der Waals surface area contributed by atoms with Crippen LogP contribution in [0.15, 0.2) is 6.20 Å². The van der Waals surface area contributed by atoms with E-state index in [1.165, 1.54) is 19.4 Å². The Balaban J connectivity index is 1.62. The van der Waals surface area contributed by atoms with Gasteiger partial charge in [-0.3, -0.25) is 9.58 Å². The maximum Gasteiger partial charge on any atom is 0.0967 e. The van der Waals surface area contributed by atoms with E-state index in [1.807, 2.05) is 13.2 Å². The average molecular weight is 221 g/mol. The van der Waals surface area contributed by atoms with Gasteiger partial charge in [-0.05, 0) is 24.7 Å². The Morgan fingerprint density at radius 1 is 1.44 bits per heavy atom. The van der Waals surface area contributed by atoms with Crippen molar-refractivity contribution >= 4 is 0 Å². The fraction of sp³-hybridized carbons (Fsp3) is 0.818. The average Bonchev–Trinajstić information content (AvgIpc) is 2.88. The van der Waals surface area contributed by atoms with E-state index in [9.17, 15) is 0 Å². The molecule has 1 saturated heterocycles. The van der Waals surface area contributed by atoms with E-state index in [-0.39, 0.29) is 0 Å². The van der Waals surface area contributed by atoms with Crippen LogP contribution < -0.4 is 5.73 Å². The molecule has 3 atom stereocenters. The summed E-state index contributed by atoms with van der Waals surface area (Å²) < 4.78 is 1.76. The first-order valence-corrected chi connectivity index (χ1v) is 6.05. The highest BCUT2D eigenvalue weighted by Gasteiger charge is 2.40. The third kappa shape index (κ3) is 1.74. The summed E-state index contributed by atoms with van der Waals surface area (Å²) in [6, 6.07) is 0.428. The molecule has 88 valence electrons. The minimum absolute atomic E-state index is 0.428. The lowest BCUT2D eigenvalue weighted by atomic mass is 9.98. The molecule has 5 heteroatoms.